The molecule has 23 nitrogen and oxygen atoms in total. The molecule has 8 bridgehead atoms. The summed E-state index contributed by atoms with van der Waals surface area (Å²) in [5, 5.41) is 32.2. The number of carbonyl (C=O) groups excluding carboxylic acids is 7. The number of aliphatic imine (C=N–C) groups is 3. The summed E-state index contributed by atoms with van der Waals surface area (Å²) >= 11 is 0. The van der Waals surface area contributed by atoms with Gasteiger partial charge >= 0.3 is 64.3 Å². The number of hydrogen-bond donors (Lipinski definition) is 0. The Morgan fingerprint density at radius 3 is 1.49 bits per heavy atom. The largest absolute Gasteiger partial charge is 3.00 e. The first-order valence-corrected chi connectivity index (χ1v) is 24.9. The zero-order valence-electron chi connectivity index (χ0n) is 47.2. The molecule has 428 valence electrons. The Balaban J connectivity index is 0.00000406. The SMILES string of the molecule is COC(=O)CC[C@@H]1C2=NC(=C(/[N+](=O)[O-])C3=N/C(=C(/C)C4=N[C@@](C)(C5[N-]/C(=C\2C)[C@](C)(CCC(=O)OC)[C@H]5CC(=O)OC)[C@@](C)(CC(=O)OC)[C@@H]4CCC(=O)OC)[C@@](C)(CC(=O)OC)[C@@H]3CCC(=O)OC)/C1(C)C.[C-]#N.[C-]#N.[Co+3]. The first-order valence-electron chi connectivity index (χ1n) is 24.9. The second-order valence-corrected chi connectivity index (χ2v) is 21.1. The van der Waals surface area contributed by atoms with E-state index in [4.69, 9.17) is 77.1 Å². The Bertz CT molecular complexity index is 2610. The Kier molecular flexibility index (Phi) is 23.5. The maximum absolute atomic E-state index is 14.1. The van der Waals surface area contributed by atoms with Gasteiger partial charge in [0.25, 0.3) is 0 Å². The molecule has 0 spiro atoms. The van der Waals surface area contributed by atoms with Gasteiger partial charge in [0, 0.05) is 77.5 Å². The predicted octanol–water partition coefficient (Wildman–Crippen LogP) is 7.12. The van der Waals surface area contributed by atoms with E-state index in [9.17, 15) is 43.7 Å². The van der Waals surface area contributed by atoms with Crippen LogP contribution in [0.1, 0.15) is 126 Å². The van der Waals surface area contributed by atoms with E-state index in [1.165, 1.54) is 49.8 Å². The molecule has 24 heteroatoms. The minimum Gasteiger partial charge on any atom is -0.682 e. The molecule has 0 amide bonds. The van der Waals surface area contributed by atoms with Gasteiger partial charge in [0.05, 0.1) is 78.8 Å². The van der Waals surface area contributed by atoms with Crippen LogP contribution in [0.4, 0.5) is 0 Å². The van der Waals surface area contributed by atoms with Crippen molar-refractivity contribution < 1.29 is 88.4 Å². The normalized spacial score (nSPS) is 30.9. The van der Waals surface area contributed by atoms with Crippen LogP contribution in [-0.4, -0.2) is 125 Å². The smallest absolute Gasteiger partial charge is 0.682 e. The van der Waals surface area contributed by atoms with Gasteiger partial charge in [-0.3, -0.25) is 48.7 Å². The third kappa shape index (κ3) is 12.5. The van der Waals surface area contributed by atoms with Gasteiger partial charge < -0.3 is 62.1 Å². The number of carbonyl (C=O) groups is 7. The molecule has 5 aliphatic rings. The van der Waals surface area contributed by atoms with Crippen LogP contribution in [0.15, 0.2) is 48.9 Å². The number of fused-ring (bicyclic) bond motifs is 6. The predicted molar refractivity (Wildman–Crippen MR) is 274 cm³/mol. The van der Waals surface area contributed by atoms with Crippen molar-refractivity contribution in [3.63, 3.8) is 0 Å². The quantitative estimate of drug-likeness (QED) is 0.0408. The minimum atomic E-state index is -1.50. The van der Waals surface area contributed by atoms with Crippen molar-refractivity contribution in [1.29, 1.82) is 10.5 Å². The molecule has 0 aliphatic carbocycles. The fraction of sp³-hybridized carbons (Fsp3) is 0.667. The van der Waals surface area contributed by atoms with Crippen molar-refractivity contribution in [2.45, 2.75) is 138 Å². The molecule has 5 heterocycles. The van der Waals surface area contributed by atoms with Crippen LogP contribution in [0.5, 0.6) is 0 Å². The molecule has 0 saturated carbocycles. The van der Waals surface area contributed by atoms with E-state index in [-0.39, 0.29) is 105 Å². The van der Waals surface area contributed by atoms with Crippen LogP contribution in [0.25, 0.3) is 5.32 Å². The Labute approximate surface area is 466 Å². The molecule has 0 radical (unpaired) electrons. The number of hydrogen-bond acceptors (Lipinski definition) is 21. The molecule has 5 rings (SSSR count). The van der Waals surface area contributed by atoms with Crippen molar-refractivity contribution >= 4 is 58.9 Å². The first kappa shape index (κ1) is 67.3. The van der Waals surface area contributed by atoms with E-state index in [0.29, 0.717) is 28.3 Å². The summed E-state index contributed by atoms with van der Waals surface area (Å²) in [7, 11) is 8.71. The molecule has 0 aromatic heterocycles. The van der Waals surface area contributed by atoms with Gasteiger partial charge in [0.15, 0.2) is 0 Å². The second-order valence-electron chi connectivity index (χ2n) is 21.1. The average molecular weight is 1130 g/mol. The molecule has 0 aromatic carbocycles. The third-order valence-electron chi connectivity index (χ3n) is 17.0. The summed E-state index contributed by atoms with van der Waals surface area (Å²) in [4.78, 5) is 124. The van der Waals surface area contributed by atoms with Crippen molar-refractivity contribution in [2.24, 2.45) is 60.3 Å². The topological polar surface area (TPSA) is 326 Å². The van der Waals surface area contributed by atoms with E-state index in [0.717, 1.165) is 0 Å². The number of nitrogens with zero attached hydrogens (tertiary/aromatic N) is 7. The molecule has 5 aliphatic heterocycles. The van der Waals surface area contributed by atoms with Gasteiger partial charge in [-0.15, -0.1) is 0 Å². The number of rotatable bonds is 19. The Morgan fingerprint density at radius 2 is 1.01 bits per heavy atom. The van der Waals surface area contributed by atoms with Crippen molar-refractivity contribution in [2.75, 3.05) is 49.8 Å². The van der Waals surface area contributed by atoms with Crippen LogP contribution in [0.3, 0.4) is 0 Å². The minimum absolute atomic E-state index is 0. The molecular weight excluding hydrogens is 1060 g/mol. The summed E-state index contributed by atoms with van der Waals surface area (Å²) in [6, 6.07) is -1.01. The zero-order chi connectivity index (χ0) is 58.8. The third-order valence-corrected chi connectivity index (χ3v) is 17.0. The van der Waals surface area contributed by atoms with E-state index >= 15 is 0 Å². The zero-order valence-corrected chi connectivity index (χ0v) is 48.2. The maximum atomic E-state index is 14.1. The number of methoxy groups -OCH3 is 7. The van der Waals surface area contributed by atoms with Gasteiger partial charge in [-0.25, -0.2) is 9.98 Å². The van der Waals surface area contributed by atoms with E-state index in [1.807, 2.05) is 20.8 Å². The molecule has 78 heavy (non-hydrogen) atoms. The van der Waals surface area contributed by atoms with Gasteiger partial charge in [0.1, 0.15) is 11.4 Å². The number of allylic oxidation sites excluding steroid dienone is 6. The summed E-state index contributed by atoms with van der Waals surface area (Å²) in [6.45, 7) is 23.8. The fourth-order valence-corrected chi connectivity index (χ4v) is 12.5. The van der Waals surface area contributed by atoms with Gasteiger partial charge in [-0.2, -0.15) is 5.70 Å². The standard InChI is InChI=1S/C52H72N5O16.2CN.Co/c1-27-40-29(16-19-33(58)67-9)48(3,4)47(53-40)43(57(65)66)42-30(17-20-34(59)68-10)50(6,25-38(63)72-14)45(54-42)28(2)41-31(18-21-35(60)69-11)51(7,26-39(64)73-15)52(8,56-41)46-32(24-37(62)71-13)49(5,44(27)55-46)23-22-36(61)70-12;2*1-2;/h29-32,46H,16-26H2,1-15H3;;;/q3*-1;+3/t29-,30-,31-,32+,46?,49-,50+,51+,52+;;;/m1.../s1. The number of ether oxygens (including phenoxy) is 7. The van der Waals surface area contributed by atoms with Crippen molar-refractivity contribution in [1.82, 2.24) is 0 Å². The second kappa shape index (κ2) is 27.2. The monoisotopic (exact) mass is 1130 g/mol. The van der Waals surface area contributed by atoms with Crippen molar-refractivity contribution in [3.05, 3.63) is 62.5 Å². The van der Waals surface area contributed by atoms with E-state index in [2.05, 4.69) is 0 Å². The van der Waals surface area contributed by atoms with Crippen molar-refractivity contribution in [3.8, 4) is 0 Å². The molecule has 9 atom stereocenters. The summed E-state index contributed by atoms with van der Waals surface area (Å²) < 4.78 is 36.4. The molecule has 1 fully saturated rings. The number of nitro groups is 1. The summed E-state index contributed by atoms with van der Waals surface area (Å²) in [5.74, 6) is -7.62. The van der Waals surface area contributed by atoms with Gasteiger partial charge in [-0.05, 0) is 68.9 Å². The van der Waals surface area contributed by atoms with E-state index < -0.39 is 109 Å². The van der Waals surface area contributed by atoms with Crippen LogP contribution in [-0.2, 0) is 83.5 Å². The Hall–Kier alpha value is -6.79. The fourth-order valence-electron chi connectivity index (χ4n) is 12.5. The van der Waals surface area contributed by atoms with Gasteiger partial charge in [0.2, 0.25) is 0 Å². The first-order chi connectivity index (χ1) is 36.1. The van der Waals surface area contributed by atoms with Crippen LogP contribution < -0.4 is 0 Å². The summed E-state index contributed by atoms with van der Waals surface area (Å²) in [6.07, 6.45) is -1.44. The van der Waals surface area contributed by atoms with Crippen LogP contribution in [0.2, 0.25) is 0 Å². The maximum Gasteiger partial charge on any atom is 3.00 e. The Morgan fingerprint density at radius 1 is 0.577 bits per heavy atom. The van der Waals surface area contributed by atoms with Gasteiger partial charge in [-0.1, -0.05) is 40.7 Å². The molecule has 0 N–H and O–H groups in total. The number of esters is 7. The van der Waals surface area contributed by atoms with E-state index in [1.54, 1.807) is 34.6 Å². The average Bonchev–Trinajstić information content (AvgIpc) is 4.03. The summed E-state index contributed by atoms with van der Waals surface area (Å²) in [5.41, 5.74) is -5.24. The molecule has 1 unspecified atom stereocenters. The molecule has 0 aromatic rings. The van der Waals surface area contributed by atoms with Crippen LogP contribution in [0, 0.1) is 79.1 Å². The molecule has 1 saturated heterocycles. The van der Waals surface area contributed by atoms with Crippen LogP contribution >= 0.6 is 0 Å². The molecular formula is C54H72CoN7O16.